The molecule has 0 spiro atoms. The Labute approximate surface area is 118 Å². The van der Waals surface area contributed by atoms with Gasteiger partial charge in [0.25, 0.3) is 0 Å². The number of hydrogen-bond donors (Lipinski definition) is 1. The maximum atomic E-state index is 12.2. The molecule has 1 heterocycles. The van der Waals surface area contributed by atoms with Crippen LogP contribution in [0, 0.1) is 5.92 Å². The quantitative estimate of drug-likeness (QED) is 0.890. The zero-order valence-electron chi connectivity index (χ0n) is 11.7. The first-order valence-corrected chi connectivity index (χ1v) is 6.80. The van der Waals surface area contributed by atoms with Gasteiger partial charge < -0.3 is 15.4 Å². The van der Waals surface area contributed by atoms with Gasteiger partial charge in [-0.15, -0.1) is 0 Å². The third kappa shape index (κ3) is 3.50. The van der Waals surface area contributed by atoms with Crippen molar-refractivity contribution in [3.63, 3.8) is 0 Å². The first kappa shape index (κ1) is 14.4. The van der Waals surface area contributed by atoms with E-state index in [1.807, 2.05) is 24.3 Å². The predicted octanol–water partition coefficient (Wildman–Crippen LogP) is 0.962. The molecular weight excluding hydrogens is 256 g/mol. The van der Waals surface area contributed by atoms with Crippen molar-refractivity contribution in [2.75, 3.05) is 20.2 Å². The van der Waals surface area contributed by atoms with Gasteiger partial charge in [-0.2, -0.15) is 0 Å². The molecule has 20 heavy (non-hydrogen) atoms. The molecule has 5 nitrogen and oxygen atoms in total. The first-order valence-electron chi connectivity index (χ1n) is 6.80. The molecule has 0 unspecified atom stereocenters. The predicted molar refractivity (Wildman–Crippen MR) is 75.2 cm³/mol. The Balaban J connectivity index is 1.91. The molecule has 1 aliphatic heterocycles. The van der Waals surface area contributed by atoms with Crippen LogP contribution in [0.1, 0.15) is 18.4 Å². The standard InChI is InChI=1S/C15H20N2O3/c1-20-13-4-2-3-11(9-13)10-14(18)17-7-5-12(6-8-17)15(16)19/h2-4,9,12H,5-8,10H2,1H3,(H2,16,19). The van der Waals surface area contributed by atoms with Crippen molar-refractivity contribution in [3.05, 3.63) is 29.8 Å². The summed E-state index contributed by atoms with van der Waals surface area (Å²) < 4.78 is 5.15. The number of amides is 2. The van der Waals surface area contributed by atoms with Crippen LogP contribution in [0.2, 0.25) is 0 Å². The zero-order chi connectivity index (χ0) is 14.5. The minimum atomic E-state index is -0.259. The topological polar surface area (TPSA) is 72.6 Å². The number of primary amides is 1. The number of nitrogens with zero attached hydrogens (tertiary/aromatic N) is 1. The number of methoxy groups -OCH3 is 1. The summed E-state index contributed by atoms with van der Waals surface area (Å²) in [4.78, 5) is 25.1. The molecule has 0 saturated carbocycles. The maximum absolute atomic E-state index is 12.2. The molecule has 0 aromatic heterocycles. The minimum absolute atomic E-state index is 0.0844. The third-order valence-corrected chi connectivity index (χ3v) is 3.74. The van der Waals surface area contributed by atoms with Crippen LogP contribution in [0.25, 0.3) is 0 Å². The summed E-state index contributed by atoms with van der Waals surface area (Å²) in [6, 6.07) is 7.51. The fraction of sp³-hybridized carbons (Fsp3) is 0.467. The zero-order valence-corrected chi connectivity index (χ0v) is 11.7. The molecule has 0 aliphatic carbocycles. The molecule has 2 N–H and O–H groups in total. The molecule has 0 radical (unpaired) electrons. The van der Waals surface area contributed by atoms with Crippen LogP contribution in [-0.2, 0) is 16.0 Å². The van der Waals surface area contributed by atoms with E-state index in [1.165, 1.54) is 0 Å². The van der Waals surface area contributed by atoms with Gasteiger partial charge in [0.2, 0.25) is 11.8 Å². The molecule has 2 amide bonds. The van der Waals surface area contributed by atoms with Gasteiger partial charge in [-0.25, -0.2) is 0 Å². The smallest absolute Gasteiger partial charge is 0.226 e. The van der Waals surface area contributed by atoms with E-state index in [9.17, 15) is 9.59 Å². The minimum Gasteiger partial charge on any atom is -0.497 e. The van der Waals surface area contributed by atoms with E-state index in [0.717, 1.165) is 11.3 Å². The SMILES string of the molecule is COc1cccc(CC(=O)N2CCC(C(N)=O)CC2)c1. The van der Waals surface area contributed by atoms with Crippen LogP contribution >= 0.6 is 0 Å². The summed E-state index contributed by atoms with van der Waals surface area (Å²) in [5.41, 5.74) is 6.22. The summed E-state index contributed by atoms with van der Waals surface area (Å²) >= 11 is 0. The average Bonchev–Trinajstić information content (AvgIpc) is 2.47. The van der Waals surface area contributed by atoms with Gasteiger partial charge >= 0.3 is 0 Å². The van der Waals surface area contributed by atoms with Gasteiger partial charge in [0.1, 0.15) is 5.75 Å². The van der Waals surface area contributed by atoms with Gasteiger partial charge in [-0.05, 0) is 30.5 Å². The molecule has 108 valence electrons. The van der Waals surface area contributed by atoms with Crippen LogP contribution in [0.4, 0.5) is 0 Å². The maximum Gasteiger partial charge on any atom is 0.226 e. The van der Waals surface area contributed by atoms with Crippen LogP contribution in [-0.4, -0.2) is 36.9 Å². The fourth-order valence-corrected chi connectivity index (χ4v) is 2.48. The number of carbonyl (C=O) groups is 2. The highest BCUT2D eigenvalue weighted by Gasteiger charge is 2.25. The highest BCUT2D eigenvalue weighted by molar-refractivity contribution is 5.80. The number of rotatable bonds is 4. The number of hydrogen-bond acceptors (Lipinski definition) is 3. The number of carbonyl (C=O) groups excluding carboxylic acids is 2. The molecule has 0 atom stereocenters. The first-order chi connectivity index (χ1) is 9.60. The van der Waals surface area contributed by atoms with Crippen LogP contribution in [0.5, 0.6) is 5.75 Å². The Morgan fingerprint density at radius 1 is 1.35 bits per heavy atom. The highest BCUT2D eigenvalue weighted by atomic mass is 16.5. The lowest BCUT2D eigenvalue weighted by Crippen LogP contribution is -2.42. The van der Waals surface area contributed by atoms with Gasteiger partial charge in [0.15, 0.2) is 0 Å². The molecule has 1 saturated heterocycles. The molecule has 1 fully saturated rings. The Bertz CT molecular complexity index is 494. The summed E-state index contributed by atoms with van der Waals surface area (Å²) in [7, 11) is 1.61. The van der Waals surface area contributed by atoms with Gasteiger partial charge in [0.05, 0.1) is 13.5 Å². The molecule has 5 heteroatoms. The number of benzene rings is 1. The van der Waals surface area contributed by atoms with Crippen molar-refractivity contribution in [2.24, 2.45) is 11.7 Å². The van der Waals surface area contributed by atoms with E-state index in [-0.39, 0.29) is 17.7 Å². The van der Waals surface area contributed by atoms with Gasteiger partial charge in [-0.3, -0.25) is 9.59 Å². The van der Waals surface area contributed by atoms with E-state index in [1.54, 1.807) is 12.0 Å². The lowest BCUT2D eigenvalue weighted by molar-refractivity contribution is -0.134. The van der Waals surface area contributed by atoms with Crippen molar-refractivity contribution < 1.29 is 14.3 Å². The molecule has 2 rings (SSSR count). The Hall–Kier alpha value is -2.04. The molecule has 1 aromatic rings. The lowest BCUT2D eigenvalue weighted by atomic mass is 9.96. The van der Waals surface area contributed by atoms with E-state index in [2.05, 4.69) is 0 Å². The van der Waals surface area contributed by atoms with E-state index in [4.69, 9.17) is 10.5 Å². The summed E-state index contributed by atoms with van der Waals surface area (Å²) in [6.07, 6.45) is 1.69. The monoisotopic (exact) mass is 276 g/mol. The van der Waals surface area contributed by atoms with Crippen LogP contribution < -0.4 is 10.5 Å². The number of piperidine rings is 1. The number of ether oxygens (including phenoxy) is 1. The average molecular weight is 276 g/mol. The van der Waals surface area contributed by atoms with E-state index in [0.29, 0.717) is 32.4 Å². The Morgan fingerprint density at radius 3 is 2.65 bits per heavy atom. The van der Waals surface area contributed by atoms with Gasteiger partial charge in [0, 0.05) is 19.0 Å². The summed E-state index contributed by atoms with van der Waals surface area (Å²) in [6.45, 7) is 1.22. The lowest BCUT2D eigenvalue weighted by Gasteiger charge is -2.30. The summed E-state index contributed by atoms with van der Waals surface area (Å²) in [5, 5.41) is 0. The normalized spacial score (nSPS) is 15.9. The van der Waals surface area contributed by atoms with E-state index < -0.39 is 0 Å². The van der Waals surface area contributed by atoms with Crippen molar-refractivity contribution in [3.8, 4) is 5.75 Å². The van der Waals surface area contributed by atoms with E-state index >= 15 is 0 Å². The highest BCUT2D eigenvalue weighted by Crippen LogP contribution is 2.18. The largest absolute Gasteiger partial charge is 0.497 e. The molecule has 1 aromatic carbocycles. The molecule has 0 bridgehead atoms. The second-order valence-electron chi connectivity index (χ2n) is 5.09. The van der Waals surface area contributed by atoms with Crippen molar-refractivity contribution in [1.82, 2.24) is 4.90 Å². The second kappa shape index (κ2) is 6.41. The van der Waals surface area contributed by atoms with Crippen LogP contribution in [0.3, 0.4) is 0 Å². The second-order valence-corrected chi connectivity index (χ2v) is 5.09. The fourth-order valence-electron chi connectivity index (χ4n) is 2.48. The van der Waals surface area contributed by atoms with Crippen molar-refractivity contribution >= 4 is 11.8 Å². The van der Waals surface area contributed by atoms with Gasteiger partial charge in [-0.1, -0.05) is 12.1 Å². The van der Waals surface area contributed by atoms with Crippen molar-refractivity contribution in [1.29, 1.82) is 0 Å². The van der Waals surface area contributed by atoms with Crippen molar-refractivity contribution in [2.45, 2.75) is 19.3 Å². The molecule has 1 aliphatic rings. The summed E-state index contributed by atoms with van der Waals surface area (Å²) in [5.74, 6) is 0.490. The number of likely N-dealkylation sites (tertiary alicyclic amines) is 1. The molecular formula is C15H20N2O3. The Kier molecular flexibility index (Phi) is 4.61. The Morgan fingerprint density at radius 2 is 2.05 bits per heavy atom. The number of nitrogens with two attached hydrogens (primary N) is 1. The van der Waals surface area contributed by atoms with Crippen LogP contribution in [0.15, 0.2) is 24.3 Å². The third-order valence-electron chi connectivity index (χ3n) is 3.74.